The summed E-state index contributed by atoms with van der Waals surface area (Å²) in [4.78, 5) is 0. The van der Waals surface area contributed by atoms with Gasteiger partial charge in [0.15, 0.2) is 0 Å². The average Bonchev–Trinajstić information content (AvgIpc) is 2.24. The number of rotatable bonds is 9. The van der Waals surface area contributed by atoms with Gasteiger partial charge in [0.25, 0.3) is 0 Å². The van der Waals surface area contributed by atoms with E-state index in [9.17, 15) is 5.11 Å². The first-order valence-electron chi connectivity index (χ1n) is 5.64. The fourth-order valence-corrected chi connectivity index (χ4v) is 2.00. The molecule has 0 atom stereocenters. The van der Waals surface area contributed by atoms with Gasteiger partial charge in [0, 0.05) is 30.9 Å². The summed E-state index contributed by atoms with van der Waals surface area (Å²) in [5, 5.41) is 12.8. The molecule has 0 aromatic rings. The maximum atomic E-state index is 9.33. The first kappa shape index (κ1) is 14.3. The van der Waals surface area contributed by atoms with E-state index in [-0.39, 0.29) is 5.41 Å². The summed E-state index contributed by atoms with van der Waals surface area (Å²) in [6, 6.07) is 0. The van der Waals surface area contributed by atoms with Gasteiger partial charge in [0.05, 0.1) is 0 Å². The molecule has 0 heterocycles. The molecule has 0 fully saturated rings. The Morgan fingerprint density at radius 3 is 2.29 bits per heavy atom. The van der Waals surface area contributed by atoms with Gasteiger partial charge in [-0.1, -0.05) is 20.8 Å². The molecule has 2 N–H and O–H groups in total. The Bertz CT molecular complexity index is 118. The van der Waals surface area contributed by atoms with Crippen LogP contribution in [0.15, 0.2) is 0 Å². The zero-order valence-corrected chi connectivity index (χ0v) is 10.6. The summed E-state index contributed by atoms with van der Waals surface area (Å²) in [6.45, 7) is 8.79. The maximum Gasteiger partial charge on any atom is 0.0499 e. The summed E-state index contributed by atoms with van der Waals surface area (Å²) in [5.41, 5.74) is 0.108. The fourth-order valence-electron chi connectivity index (χ4n) is 1.42. The van der Waals surface area contributed by atoms with Crippen molar-refractivity contribution in [1.29, 1.82) is 0 Å². The summed E-state index contributed by atoms with van der Waals surface area (Å²) in [6.07, 6.45) is 2.10. The van der Waals surface area contributed by atoms with E-state index in [1.807, 2.05) is 11.8 Å². The minimum absolute atomic E-state index is 0.108. The van der Waals surface area contributed by atoms with Crippen LogP contribution in [0.4, 0.5) is 0 Å². The Hall–Kier alpha value is 0.270. The third-order valence-corrected chi connectivity index (χ3v) is 3.86. The Kier molecular flexibility index (Phi) is 8.73. The molecule has 2 nitrogen and oxygen atoms in total. The van der Waals surface area contributed by atoms with Crippen molar-refractivity contribution in [2.24, 2.45) is 5.41 Å². The molecule has 0 aliphatic rings. The second-order valence-corrected chi connectivity index (χ2v) is 5.13. The van der Waals surface area contributed by atoms with Gasteiger partial charge in [-0.15, -0.1) is 0 Å². The zero-order chi connectivity index (χ0) is 10.9. The molecule has 0 radical (unpaired) electrons. The largest absolute Gasteiger partial charge is 0.396 e. The van der Waals surface area contributed by atoms with E-state index in [1.54, 1.807) is 0 Å². The van der Waals surface area contributed by atoms with Crippen LogP contribution in [0.25, 0.3) is 0 Å². The second-order valence-electron chi connectivity index (χ2n) is 3.74. The van der Waals surface area contributed by atoms with Gasteiger partial charge in [0.2, 0.25) is 0 Å². The lowest BCUT2D eigenvalue weighted by Gasteiger charge is -2.29. The van der Waals surface area contributed by atoms with E-state index in [0.717, 1.165) is 25.9 Å². The number of aliphatic hydroxyl groups is 1. The molecule has 0 amide bonds. The van der Waals surface area contributed by atoms with Crippen molar-refractivity contribution in [3.8, 4) is 0 Å². The average molecular weight is 219 g/mol. The number of thioether (sulfide) groups is 1. The first-order chi connectivity index (χ1) is 6.74. The highest BCUT2D eigenvalue weighted by atomic mass is 32.2. The van der Waals surface area contributed by atoms with E-state index in [0.29, 0.717) is 6.61 Å². The van der Waals surface area contributed by atoms with Crippen LogP contribution in [0.3, 0.4) is 0 Å². The predicted octanol–water partition coefficient (Wildman–Crippen LogP) is 2.13. The summed E-state index contributed by atoms with van der Waals surface area (Å²) in [5.74, 6) is 2.36. The predicted molar refractivity (Wildman–Crippen MR) is 66.0 cm³/mol. The number of hydrogen-bond donors (Lipinski definition) is 2. The molecule has 0 saturated carbocycles. The summed E-state index contributed by atoms with van der Waals surface area (Å²) < 4.78 is 0. The molecule has 0 aliphatic heterocycles. The van der Waals surface area contributed by atoms with Crippen LogP contribution in [-0.2, 0) is 0 Å². The van der Waals surface area contributed by atoms with Crippen LogP contribution >= 0.6 is 11.8 Å². The monoisotopic (exact) mass is 219 g/mol. The molecular formula is C11H25NOS. The molecule has 86 valence electrons. The normalized spacial score (nSPS) is 12.0. The maximum absolute atomic E-state index is 9.33. The highest BCUT2D eigenvalue weighted by Gasteiger charge is 2.24. The van der Waals surface area contributed by atoms with Gasteiger partial charge in [0.1, 0.15) is 0 Å². The third kappa shape index (κ3) is 5.23. The standard InChI is InChI=1S/C11H25NOS/c1-4-11(5-2,10-13)9-12-7-8-14-6-3/h12-13H,4-10H2,1-3H3. The lowest BCUT2D eigenvalue weighted by Crippen LogP contribution is -2.37. The van der Waals surface area contributed by atoms with E-state index in [2.05, 4.69) is 26.1 Å². The van der Waals surface area contributed by atoms with E-state index >= 15 is 0 Å². The van der Waals surface area contributed by atoms with Crippen LogP contribution in [-0.4, -0.2) is 36.3 Å². The Labute approximate surface area is 92.9 Å². The van der Waals surface area contributed by atoms with E-state index < -0.39 is 0 Å². The van der Waals surface area contributed by atoms with Gasteiger partial charge in [-0.2, -0.15) is 11.8 Å². The molecular weight excluding hydrogens is 194 g/mol. The lowest BCUT2D eigenvalue weighted by atomic mass is 9.83. The summed E-state index contributed by atoms with van der Waals surface area (Å²) >= 11 is 1.96. The van der Waals surface area contributed by atoms with Gasteiger partial charge < -0.3 is 10.4 Å². The number of nitrogens with one attached hydrogen (secondary N) is 1. The van der Waals surface area contributed by atoms with Gasteiger partial charge in [-0.25, -0.2) is 0 Å². The first-order valence-corrected chi connectivity index (χ1v) is 6.79. The molecule has 0 rings (SSSR count). The molecule has 0 unspecified atom stereocenters. The van der Waals surface area contributed by atoms with Gasteiger partial charge in [-0.3, -0.25) is 0 Å². The highest BCUT2D eigenvalue weighted by molar-refractivity contribution is 7.99. The lowest BCUT2D eigenvalue weighted by molar-refractivity contribution is 0.114. The van der Waals surface area contributed by atoms with Crippen molar-refractivity contribution in [3.05, 3.63) is 0 Å². The van der Waals surface area contributed by atoms with Crippen LogP contribution in [0.5, 0.6) is 0 Å². The molecule has 0 spiro atoms. The Morgan fingerprint density at radius 1 is 1.21 bits per heavy atom. The Morgan fingerprint density at radius 2 is 1.86 bits per heavy atom. The van der Waals surface area contributed by atoms with Crippen molar-refractivity contribution < 1.29 is 5.11 Å². The molecule has 0 aromatic heterocycles. The second kappa shape index (κ2) is 8.57. The SMILES string of the molecule is CCSCCNCC(CC)(CC)CO. The van der Waals surface area contributed by atoms with Crippen molar-refractivity contribution in [2.75, 3.05) is 31.2 Å². The zero-order valence-electron chi connectivity index (χ0n) is 9.81. The molecule has 0 saturated heterocycles. The van der Waals surface area contributed by atoms with Gasteiger partial charge >= 0.3 is 0 Å². The minimum Gasteiger partial charge on any atom is -0.396 e. The topological polar surface area (TPSA) is 32.3 Å². The Balaban J connectivity index is 3.61. The molecule has 3 heteroatoms. The summed E-state index contributed by atoms with van der Waals surface area (Å²) in [7, 11) is 0. The van der Waals surface area contributed by atoms with Gasteiger partial charge in [-0.05, 0) is 18.6 Å². The smallest absolute Gasteiger partial charge is 0.0499 e. The quantitative estimate of drug-likeness (QED) is 0.583. The highest BCUT2D eigenvalue weighted by Crippen LogP contribution is 2.24. The molecule has 0 bridgehead atoms. The molecule has 0 aliphatic carbocycles. The minimum atomic E-state index is 0.108. The van der Waals surface area contributed by atoms with Crippen LogP contribution in [0, 0.1) is 5.41 Å². The number of aliphatic hydroxyl groups excluding tert-OH is 1. The van der Waals surface area contributed by atoms with Crippen molar-refractivity contribution >= 4 is 11.8 Å². The van der Waals surface area contributed by atoms with Crippen LogP contribution in [0.1, 0.15) is 33.6 Å². The molecule has 14 heavy (non-hydrogen) atoms. The molecule has 0 aromatic carbocycles. The van der Waals surface area contributed by atoms with E-state index in [4.69, 9.17) is 0 Å². The van der Waals surface area contributed by atoms with E-state index in [1.165, 1.54) is 11.5 Å². The van der Waals surface area contributed by atoms with Crippen molar-refractivity contribution in [3.63, 3.8) is 0 Å². The van der Waals surface area contributed by atoms with Crippen LogP contribution in [0.2, 0.25) is 0 Å². The van der Waals surface area contributed by atoms with Crippen LogP contribution < -0.4 is 5.32 Å². The number of hydrogen-bond acceptors (Lipinski definition) is 3. The van der Waals surface area contributed by atoms with Crippen molar-refractivity contribution in [1.82, 2.24) is 5.32 Å². The van der Waals surface area contributed by atoms with Crippen molar-refractivity contribution in [2.45, 2.75) is 33.6 Å². The fraction of sp³-hybridized carbons (Fsp3) is 1.00. The third-order valence-electron chi connectivity index (χ3n) is 2.96.